The zero-order valence-electron chi connectivity index (χ0n) is 12.0. The number of rotatable bonds is 5. The van der Waals surface area contributed by atoms with Crippen LogP contribution < -0.4 is 10.0 Å². The van der Waals surface area contributed by atoms with E-state index in [0.717, 1.165) is 37.5 Å². The van der Waals surface area contributed by atoms with Crippen LogP contribution in [0.1, 0.15) is 19.3 Å². The molecule has 1 aromatic carbocycles. The topological polar surface area (TPSA) is 61.4 Å². The van der Waals surface area contributed by atoms with E-state index in [-0.39, 0.29) is 0 Å². The molecule has 2 N–H and O–H groups in total. The summed E-state index contributed by atoms with van der Waals surface area (Å²) in [4.78, 5) is 2.54. The molecule has 0 aromatic heterocycles. The smallest absolute Gasteiger partial charge is 0.229 e. The zero-order chi connectivity index (χ0) is 15.0. The number of nitrogens with zero attached hydrogens (tertiary/aromatic N) is 1. The van der Waals surface area contributed by atoms with E-state index in [1.807, 2.05) is 6.07 Å². The van der Waals surface area contributed by atoms with Crippen molar-refractivity contribution < 1.29 is 8.42 Å². The summed E-state index contributed by atoms with van der Waals surface area (Å²) < 4.78 is 24.9. The van der Waals surface area contributed by atoms with Gasteiger partial charge in [-0.3, -0.25) is 9.62 Å². The number of sulfonamides is 1. The van der Waals surface area contributed by atoms with Crippen LogP contribution in [0.5, 0.6) is 0 Å². The van der Waals surface area contributed by atoms with E-state index >= 15 is 0 Å². The molecule has 1 aliphatic carbocycles. The second-order valence-electron chi connectivity index (χ2n) is 5.92. The highest BCUT2D eigenvalue weighted by Gasteiger charge is 2.34. The van der Waals surface area contributed by atoms with Crippen molar-refractivity contribution in [2.75, 3.05) is 29.4 Å². The third-order valence-electron chi connectivity index (χ3n) is 3.92. The first-order valence-electron chi connectivity index (χ1n) is 7.19. The van der Waals surface area contributed by atoms with Gasteiger partial charge >= 0.3 is 0 Å². The van der Waals surface area contributed by atoms with Gasteiger partial charge in [-0.2, -0.15) is 0 Å². The van der Waals surface area contributed by atoms with E-state index < -0.39 is 10.0 Å². The monoisotopic (exact) mass is 329 g/mol. The van der Waals surface area contributed by atoms with Crippen LogP contribution in [0.2, 0.25) is 5.02 Å². The number of halogens is 1. The van der Waals surface area contributed by atoms with E-state index in [4.69, 9.17) is 11.6 Å². The Labute approximate surface area is 130 Å². The molecule has 2 aliphatic rings. The highest BCUT2D eigenvalue weighted by molar-refractivity contribution is 7.92. The Morgan fingerprint density at radius 1 is 1.29 bits per heavy atom. The second-order valence-corrected chi connectivity index (χ2v) is 8.08. The van der Waals surface area contributed by atoms with Crippen LogP contribution in [0, 0.1) is 0 Å². The van der Waals surface area contributed by atoms with Crippen LogP contribution in [0.25, 0.3) is 0 Å². The molecule has 1 saturated heterocycles. The molecule has 7 heteroatoms. The SMILES string of the molecule is CS(=O)(=O)Nc1ccc(NC2CCN(C3CC3)C2)cc1Cl. The summed E-state index contributed by atoms with van der Waals surface area (Å²) in [6.07, 6.45) is 4.92. The molecule has 0 radical (unpaired) electrons. The molecule has 116 valence electrons. The van der Waals surface area contributed by atoms with Crippen LogP contribution in [0.15, 0.2) is 18.2 Å². The normalized spacial score (nSPS) is 23.2. The molecule has 1 heterocycles. The number of hydrogen-bond acceptors (Lipinski definition) is 4. The van der Waals surface area contributed by atoms with Crippen molar-refractivity contribution in [2.24, 2.45) is 0 Å². The van der Waals surface area contributed by atoms with E-state index in [9.17, 15) is 8.42 Å². The molecule has 1 aromatic rings. The van der Waals surface area contributed by atoms with Crippen LogP contribution in [-0.2, 0) is 10.0 Å². The molecule has 1 aliphatic heterocycles. The summed E-state index contributed by atoms with van der Waals surface area (Å²) in [6.45, 7) is 2.23. The van der Waals surface area contributed by atoms with Crippen LogP contribution in [-0.4, -0.2) is 44.7 Å². The van der Waals surface area contributed by atoms with Crippen LogP contribution in [0.4, 0.5) is 11.4 Å². The lowest BCUT2D eigenvalue weighted by atomic mass is 10.2. The standard InChI is InChI=1S/C14H20ClN3O2S/c1-21(19,20)17-14-5-2-10(8-13(14)15)16-11-6-7-18(9-11)12-3-4-12/h2,5,8,11-12,16-17H,3-4,6-7,9H2,1H3. The fourth-order valence-corrected chi connectivity index (χ4v) is 3.66. The van der Waals surface area contributed by atoms with Crippen molar-refractivity contribution in [3.63, 3.8) is 0 Å². The molecule has 1 saturated carbocycles. The first-order chi connectivity index (χ1) is 9.90. The Morgan fingerprint density at radius 2 is 2.05 bits per heavy atom. The first-order valence-corrected chi connectivity index (χ1v) is 9.45. The quantitative estimate of drug-likeness (QED) is 0.870. The van der Waals surface area contributed by atoms with E-state index in [1.54, 1.807) is 12.1 Å². The van der Waals surface area contributed by atoms with Gasteiger partial charge in [0.05, 0.1) is 17.0 Å². The summed E-state index contributed by atoms with van der Waals surface area (Å²) >= 11 is 6.13. The van der Waals surface area contributed by atoms with Crippen molar-refractivity contribution >= 4 is 33.0 Å². The summed E-state index contributed by atoms with van der Waals surface area (Å²) in [6, 6.07) is 6.57. The van der Waals surface area contributed by atoms with Crippen molar-refractivity contribution in [3.05, 3.63) is 23.2 Å². The lowest BCUT2D eigenvalue weighted by Crippen LogP contribution is -2.27. The predicted octanol–water partition coefficient (Wildman–Crippen LogP) is 2.36. The third-order valence-corrected chi connectivity index (χ3v) is 4.82. The van der Waals surface area contributed by atoms with Crippen molar-refractivity contribution in [1.29, 1.82) is 0 Å². The molecule has 21 heavy (non-hydrogen) atoms. The zero-order valence-corrected chi connectivity index (χ0v) is 13.5. The van der Waals surface area contributed by atoms with Gasteiger partial charge in [-0.05, 0) is 37.5 Å². The Morgan fingerprint density at radius 3 is 2.67 bits per heavy atom. The minimum Gasteiger partial charge on any atom is -0.381 e. The number of likely N-dealkylation sites (tertiary alicyclic amines) is 1. The summed E-state index contributed by atoms with van der Waals surface area (Å²) in [5, 5.41) is 3.89. The van der Waals surface area contributed by atoms with Gasteiger partial charge in [-0.15, -0.1) is 0 Å². The molecular weight excluding hydrogens is 310 g/mol. The molecule has 1 atom stereocenters. The van der Waals surface area contributed by atoms with E-state index in [2.05, 4.69) is 14.9 Å². The molecule has 3 rings (SSSR count). The van der Waals surface area contributed by atoms with Gasteiger partial charge in [0.2, 0.25) is 10.0 Å². The number of nitrogens with one attached hydrogen (secondary N) is 2. The van der Waals surface area contributed by atoms with Crippen LogP contribution in [0.3, 0.4) is 0 Å². The third kappa shape index (κ3) is 4.02. The van der Waals surface area contributed by atoms with E-state index in [0.29, 0.717) is 16.8 Å². The number of anilines is 2. The highest BCUT2D eigenvalue weighted by atomic mass is 35.5. The fraction of sp³-hybridized carbons (Fsp3) is 0.571. The lowest BCUT2D eigenvalue weighted by Gasteiger charge is -2.17. The van der Waals surface area contributed by atoms with Crippen molar-refractivity contribution in [3.8, 4) is 0 Å². The average Bonchev–Trinajstić information content (AvgIpc) is 3.13. The Bertz CT molecular complexity index is 631. The Hall–Kier alpha value is -0.980. The molecule has 0 bridgehead atoms. The maximum absolute atomic E-state index is 11.2. The number of hydrogen-bond donors (Lipinski definition) is 2. The maximum atomic E-state index is 11.2. The van der Waals surface area contributed by atoms with Gasteiger partial charge in [0.25, 0.3) is 0 Å². The van der Waals surface area contributed by atoms with Gasteiger partial charge in [-0.25, -0.2) is 8.42 Å². The molecule has 5 nitrogen and oxygen atoms in total. The molecule has 0 spiro atoms. The minimum atomic E-state index is -3.31. The maximum Gasteiger partial charge on any atom is 0.229 e. The lowest BCUT2D eigenvalue weighted by molar-refractivity contribution is 0.326. The van der Waals surface area contributed by atoms with Gasteiger partial charge in [0.1, 0.15) is 0 Å². The highest BCUT2D eigenvalue weighted by Crippen LogP contribution is 2.31. The number of benzene rings is 1. The van der Waals surface area contributed by atoms with Gasteiger partial charge < -0.3 is 5.32 Å². The Balaban J connectivity index is 1.62. The summed E-state index contributed by atoms with van der Waals surface area (Å²) in [7, 11) is -3.31. The van der Waals surface area contributed by atoms with Gasteiger partial charge in [-0.1, -0.05) is 11.6 Å². The van der Waals surface area contributed by atoms with E-state index in [1.165, 1.54) is 12.8 Å². The predicted molar refractivity (Wildman–Crippen MR) is 86.5 cm³/mol. The van der Waals surface area contributed by atoms with Crippen LogP contribution >= 0.6 is 11.6 Å². The molecular formula is C14H20ClN3O2S. The minimum absolute atomic E-state index is 0.405. The van der Waals surface area contributed by atoms with Gasteiger partial charge in [0, 0.05) is 30.9 Å². The summed E-state index contributed by atoms with van der Waals surface area (Å²) in [5.41, 5.74) is 1.34. The Kier molecular flexibility index (Phi) is 4.03. The first kappa shape index (κ1) is 14.9. The molecule has 1 unspecified atom stereocenters. The fourth-order valence-electron chi connectivity index (χ4n) is 2.80. The van der Waals surface area contributed by atoms with Crippen molar-refractivity contribution in [2.45, 2.75) is 31.3 Å². The molecule has 0 amide bonds. The van der Waals surface area contributed by atoms with Crippen molar-refractivity contribution in [1.82, 2.24) is 4.90 Å². The average molecular weight is 330 g/mol. The largest absolute Gasteiger partial charge is 0.381 e. The second kappa shape index (κ2) is 5.66. The van der Waals surface area contributed by atoms with Gasteiger partial charge in [0.15, 0.2) is 0 Å². The summed E-state index contributed by atoms with van der Waals surface area (Å²) in [5.74, 6) is 0. The molecule has 2 fully saturated rings.